The molecule has 0 aromatic rings. The van der Waals surface area contributed by atoms with Crippen LogP contribution in [0.4, 0.5) is 0 Å². The maximum atomic E-state index is 12.5. The van der Waals surface area contributed by atoms with E-state index in [1.807, 2.05) is 69.8 Å². The summed E-state index contributed by atoms with van der Waals surface area (Å²) in [5.41, 5.74) is 0. The molecule has 0 saturated heterocycles. The summed E-state index contributed by atoms with van der Waals surface area (Å²) in [4.78, 5) is 22.6. The van der Waals surface area contributed by atoms with Gasteiger partial charge in [0.15, 0.2) is 6.10 Å². The summed E-state index contributed by atoms with van der Waals surface area (Å²) in [6.07, 6.45) is 46.4. The summed E-state index contributed by atoms with van der Waals surface area (Å²) >= 11 is 0. The molecular formula is C46H83NO8P+. The molecule has 56 heavy (non-hydrogen) atoms. The molecule has 0 bridgehead atoms. The van der Waals surface area contributed by atoms with Gasteiger partial charge in [-0.3, -0.25) is 13.8 Å². The number of aliphatic hydroxyl groups excluding tert-OH is 1. The molecule has 0 aromatic heterocycles. The number of ether oxygens (including phenoxy) is 2. The van der Waals surface area contributed by atoms with Crippen LogP contribution in [-0.2, 0) is 27.9 Å². The van der Waals surface area contributed by atoms with E-state index >= 15 is 0 Å². The summed E-state index contributed by atoms with van der Waals surface area (Å²) in [5, 5.41) is 10.1. The molecule has 1 unspecified atom stereocenters. The monoisotopic (exact) mass is 809 g/mol. The van der Waals surface area contributed by atoms with Crippen LogP contribution in [0.5, 0.6) is 0 Å². The largest absolute Gasteiger partial charge is 0.492 e. The number of aliphatic hydroxyl groups is 1. The molecule has 2 N–H and O–H groups in total. The minimum atomic E-state index is -4.30. The van der Waals surface area contributed by atoms with E-state index in [9.17, 15) is 19.4 Å². The molecule has 0 rings (SSSR count). The number of carbonyl (C=O) groups is 1. The quantitative estimate of drug-likeness (QED) is 0.0120. The van der Waals surface area contributed by atoms with Crippen molar-refractivity contribution in [2.75, 3.05) is 47.5 Å². The molecule has 0 spiro atoms. The number of esters is 1. The van der Waals surface area contributed by atoms with Crippen LogP contribution in [0, 0.1) is 0 Å². The van der Waals surface area contributed by atoms with Gasteiger partial charge in [-0.05, 0) is 83.1 Å². The van der Waals surface area contributed by atoms with E-state index in [0.29, 0.717) is 23.9 Å². The van der Waals surface area contributed by atoms with Gasteiger partial charge in [-0.1, -0.05) is 132 Å². The van der Waals surface area contributed by atoms with Crippen LogP contribution < -0.4 is 0 Å². The first kappa shape index (κ1) is 53.7. The number of hydrogen-bond donors (Lipinski definition) is 2. The number of carbonyl (C=O) groups excluding carboxylic acids is 1. The van der Waals surface area contributed by atoms with Gasteiger partial charge in [0, 0.05) is 6.42 Å². The van der Waals surface area contributed by atoms with Gasteiger partial charge in [0.25, 0.3) is 0 Å². The molecule has 324 valence electrons. The highest BCUT2D eigenvalue weighted by molar-refractivity contribution is 7.47. The first-order valence-electron chi connectivity index (χ1n) is 21.8. The minimum Gasteiger partial charge on any atom is -0.492 e. The molecule has 0 radical (unpaired) electrons. The van der Waals surface area contributed by atoms with Gasteiger partial charge >= 0.3 is 13.8 Å². The highest BCUT2D eigenvalue weighted by Crippen LogP contribution is 2.43. The van der Waals surface area contributed by atoms with E-state index in [-0.39, 0.29) is 32.2 Å². The second-order valence-electron chi connectivity index (χ2n) is 15.6. The second kappa shape index (κ2) is 38.3. The van der Waals surface area contributed by atoms with Crippen LogP contribution in [0.3, 0.4) is 0 Å². The lowest BCUT2D eigenvalue weighted by molar-refractivity contribution is -0.870. The van der Waals surface area contributed by atoms with Crippen molar-refractivity contribution in [1.82, 2.24) is 0 Å². The molecule has 10 heteroatoms. The van der Waals surface area contributed by atoms with Crippen molar-refractivity contribution < 1.29 is 42.4 Å². The molecule has 9 nitrogen and oxygen atoms in total. The number of hydrogen-bond acceptors (Lipinski definition) is 7. The maximum absolute atomic E-state index is 12.5. The SMILES string of the molecule is CCCCC/C=C\C=C/[C@@H](O)C/C=C\C/C=C/CCCC(=O)OC[C@H](COP(=O)(O)OCC[N+](C)(C)C)O/C=C/CCCCCCCC/C=C\CCCCCC. The number of unbranched alkanes of at least 4 members (excludes halogenated alkanes) is 15. The average Bonchev–Trinajstić information content (AvgIpc) is 3.15. The van der Waals surface area contributed by atoms with E-state index in [1.165, 1.54) is 83.5 Å². The smallest absolute Gasteiger partial charge is 0.472 e. The number of allylic oxidation sites excluding steroid dienone is 9. The lowest BCUT2D eigenvalue weighted by Crippen LogP contribution is -2.37. The van der Waals surface area contributed by atoms with Crippen molar-refractivity contribution in [2.24, 2.45) is 0 Å². The lowest BCUT2D eigenvalue weighted by Gasteiger charge is -2.24. The molecule has 0 aromatic carbocycles. The molecule has 0 aliphatic carbocycles. The molecular weight excluding hydrogens is 725 g/mol. The van der Waals surface area contributed by atoms with Crippen molar-refractivity contribution in [2.45, 2.75) is 167 Å². The predicted octanol–water partition coefficient (Wildman–Crippen LogP) is 12.0. The average molecular weight is 809 g/mol. The van der Waals surface area contributed by atoms with Gasteiger partial charge in [0.05, 0.1) is 40.1 Å². The number of phosphoric acid groups is 1. The van der Waals surface area contributed by atoms with Gasteiger partial charge in [0.1, 0.15) is 19.8 Å². The molecule has 0 aliphatic rings. The summed E-state index contributed by atoms with van der Waals surface area (Å²) < 4.78 is 34.6. The molecule has 3 atom stereocenters. The Morgan fingerprint density at radius 2 is 1.21 bits per heavy atom. The number of nitrogens with zero attached hydrogens (tertiary/aromatic N) is 1. The summed E-state index contributed by atoms with van der Waals surface area (Å²) in [5.74, 6) is -0.362. The highest BCUT2D eigenvalue weighted by atomic mass is 31.2. The molecule has 0 saturated carbocycles. The van der Waals surface area contributed by atoms with Crippen LogP contribution in [-0.4, -0.2) is 80.2 Å². The zero-order valence-electron chi connectivity index (χ0n) is 36.2. The Hall–Kier alpha value is -2.26. The summed E-state index contributed by atoms with van der Waals surface area (Å²) in [7, 11) is 1.59. The normalized spacial score (nSPS) is 15.0. The zero-order valence-corrected chi connectivity index (χ0v) is 37.1. The first-order chi connectivity index (χ1) is 27.0. The Morgan fingerprint density at radius 1 is 0.661 bits per heavy atom. The van der Waals surface area contributed by atoms with Crippen molar-refractivity contribution in [3.63, 3.8) is 0 Å². The third-order valence-corrected chi connectivity index (χ3v) is 9.89. The molecule has 0 aliphatic heterocycles. The summed E-state index contributed by atoms with van der Waals surface area (Å²) in [6, 6.07) is 0. The van der Waals surface area contributed by atoms with Gasteiger partial charge in [-0.25, -0.2) is 4.57 Å². The van der Waals surface area contributed by atoms with E-state index in [0.717, 1.165) is 38.5 Å². The fourth-order valence-electron chi connectivity index (χ4n) is 5.37. The predicted molar refractivity (Wildman–Crippen MR) is 234 cm³/mol. The van der Waals surface area contributed by atoms with E-state index in [2.05, 4.69) is 32.1 Å². The Morgan fingerprint density at radius 3 is 1.89 bits per heavy atom. The Bertz CT molecular complexity index is 1140. The molecule has 0 heterocycles. The van der Waals surface area contributed by atoms with Crippen LogP contribution >= 0.6 is 7.82 Å². The molecule has 0 amide bonds. The van der Waals surface area contributed by atoms with Crippen molar-refractivity contribution >= 4 is 13.8 Å². The third kappa shape index (κ3) is 41.4. The number of likely N-dealkylation sites (N-methyl/N-ethyl adjacent to an activating group) is 1. The van der Waals surface area contributed by atoms with E-state index < -0.39 is 20.0 Å². The topological polar surface area (TPSA) is 112 Å². The lowest BCUT2D eigenvalue weighted by atomic mass is 10.1. The molecule has 0 fully saturated rings. The summed E-state index contributed by atoms with van der Waals surface area (Å²) in [6.45, 7) is 4.68. The van der Waals surface area contributed by atoms with E-state index in [1.54, 1.807) is 6.26 Å². The van der Waals surface area contributed by atoms with Gasteiger partial charge in [-0.2, -0.15) is 0 Å². The zero-order chi connectivity index (χ0) is 41.4. The van der Waals surface area contributed by atoms with Crippen LogP contribution in [0.2, 0.25) is 0 Å². The number of phosphoric ester groups is 1. The highest BCUT2D eigenvalue weighted by Gasteiger charge is 2.25. The van der Waals surface area contributed by atoms with Crippen molar-refractivity contribution in [3.05, 3.63) is 73.1 Å². The first-order valence-corrected chi connectivity index (χ1v) is 23.3. The number of rotatable bonds is 39. The van der Waals surface area contributed by atoms with Gasteiger partial charge < -0.3 is 24.0 Å². The number of quaternary nitrogens is 1. The van der Waals surface area contributed by atoms with Crippen molar-refractivity contribution in [1.29, 1.82) is 0 Å². The Labute approximate surface area is 343 Å². The second-order valence-corrected chi connectivity index (χ2v) is 17.1. The van der Waals surface area contributed by atoms with Crippen LogP contribution in [0.15, 0.2) is 73.1 Å². The minimum absolute atomic E-state index is 0.0662. The fraction of sp³-hybridized carbons (Fsp3) is 0.717. The Kier molecular flexibility index (Phi) is 36.7. The maximum Gasteiger partial charge on any atom is 0.472 e. The standard InChI is InChI=1S/C46H82NO8P/c1-6-8-10-12-14-15-16-17-18-19-20-21-22-27-31-35-40-52-45(43-55-56(50,51)54-41-39-47(3,4)5)42-53-46(49)38-34-30-26-23-25-29-33-37-44(48)36-32-28-24-13-11-9-7-2/h15-16,23-24,26,28-29,32-33,35-36,40,44-45,48H,6-14,17-22,25,27,30-31,34,37-39,41-43H2,1-5H3/p+1/b16-15-,26-23+,28-24-,33-29-,36-32-,40-35+/t44-,45-/m1/s1. The Balaban J connectivity index is 4.47. The van der Waals surface area contributed by atoms with Crippen LogP contribution in [0.25, 0.3) is 0 Å². The van der Waals surface area contributed by atoms with Crippen LogP contribution in [0.1, 0.15) is 155 Å². The van der Waals surface area contributed by atoms with Gasteiger partial charge in [-0.15, -0.1) is 0 Å². The van der Waals surface area contributed by atoms with Gasteiger partial charge in [0.2, 0.25) is 0 Å². The fourth-order valence-corrected chi connectivity index (χ4v) is 6.11. The third-order valence-electron chi connectivity index (χ3n) is 8.91. The van der Waals surface area contributed by atoms with Crippen molar-refractivity contribution in [3.8, 4) is 0 Å². The van der Waals surface area contributed by atoms with E-state index in [4.69, 9.17) is 18.5 Å².